The third-order valence-corrected chi connectivity index (χ3v) is 2.85. The van der Waals surface area contributed by atoms with Crippen LogP contribution in [-0.2, 0) is 16.0 Å². The molecule has 114 valence electrons. The number of rotatable bonds is 7. The minimum absolute atomic E-state index is 0.224. The van der Waals surface area contributed by atoms with Gasteiger partial charge in [0, 0.05) is 12.1 Å². The lowest BCUT2D eigenvalue weighted by atomic mass is 10.1. The summed E-state index contributed by atoms with van der Waals surface area (Å²) in [4.78, 5) is 33.1. The number of carboxylic acids is 1. The summed E-state index contributed by atoms with van der Waals surface area (Å²) in [6.45, 7) is 2.13. The van der Waals surface area contributed by atoms with Gasteiger partial charge >= 0.3 is 12.0 Å². The number of aryl methyl sites for hydroxylation is 1. The Balaban J connectivity index is 2.40. The molecule has 6 nitrogen and oxygen atoms in total. The van der Waals surface area contributed by atoms with Crippen LogP contribution < -0.4 is 10.6 Å². The zero-order valence-corrected chi connectivity index (χ0v) is 12.0. The Kier molecular flexibility index (Phi) is 6.94. The van der Waals surface area contributed by atoms with Crippen LogP contribution in [-0.4, -0.2) is 23.0 Å². The molecule has 1 aromatic carbocycles. The van der Waals surface area contributed by atoms with Crippen molar-refractivity contribution in [3.63, 3.8) is 0 Å². The Morgan fingerprint density at radius 2 is 1.76 bits per heavy atom. The number of urea groups is 1. The predicted molar refractivity (Wildman–Crippen MR) is 79.1 cm³/mol. The van der Waals surface area contributed by atoms with Crippen molar-refractivity contribution in [2.24, 2.45) is 0 Å². The molecule has 0 fully saturated rings. The van der Waals surface area contributed by atoms with E-state index in [0.29, 0.717) is 5.69 Å². The number of imide groups is 1. The molecule has 0 saturated carbocycles. The van der Waals surface area contributed by atoms with Gasteiger partial charge in [-0.1, -0.05) is 25.5 Å². The molecule has 0 spiro atoms. The molecule has 3 N–H and O–H groups in total. The van der Waals surface area contributed by atoms with E-state index in [-0.39, 0.29) is 12.8 Å². The van der Waals surface area contributed by atoms with Gasteiger partial charge in [0.25, 0.3) is 0 Å². The Labute approximate surface area is 123 Å². The van der Waals surface area contributed by atoms with Crippen molar-refractivity contribution in [2.75, 3.05) is 5.32 Å². The summed E-state index contributed by atoms with van der Waals surface area (Å²) in [6.07, 6.45) is 2.72. The summed E-state index contributed by atoms with van der Waals surface area (Å²) < 4.78 is 0. The molecule has 0 aliphatic rings. The van der Waals surface area contributed by atoms with E-state index in [9.17, 15) is 14.4 Å². The molecular weight excluding hydrogens is 272 g/mol. The molecule has 0 bridgehead atoms. The molecule has 0 aliphatic carbocycles. The first kappa shape index (κ1) is 16.7. The standard InChI is InChI=1S/C15H20N2O4/c1-2-3-4-11-5-7-12(8-6-11)16-15(21)17-13(18)9-10-14(19)20/h5-8H,2-4,9-10H2,1H3,(H,19,20)(H2,16,17,18,21). The van der Waals surface area contributed by atoms with Crippen LogP contribution in [0.4, 0.5) is 10.5 Å². The summed E-state index contributed by atoms with van der Waals surface area (Å²) in [5, 5.41) is 13.0. The monoisotopic (exact) mass is 292 g/mol. The van der Waals surface area contributed by atoms with Gasteiger partial charge in [0.2, 0.25) is 5.91 Å². The zero-order chi connectivity index (χ0) is 15.7. The second-order valence-electron chi connectivity index (χ2n) is 4.70. The molecule has 0 radical (unpaired) electrons. The van der Waals surface area contributed by atoms with Gasteiger partial charge in [-0.2, -0.15) is 0 Å². The maximum atomic E-state index is 11.5. The summed E-state index contributed by atoms with van der Waals surface area (Å²) in [5.41, 5.74) is 1.78. The van der Waals surface area contributed by atoms with Crippen molar-refractivity contribution >= 4 is 23.6 Å². The van der Waals surface area contributed by atoms with Crippen LogP contribution in [0.2, 0.25) is 0 Å². The van der Waals surface area contributed by atoms with E-state index in [0.717, 1.165) is 19.3 Å². The number of carbonyl (C=O) groups is 3. The lowest BCUT2D eigenvalue weighted by Crippen LogP contribution is -2.34. The number of hydrogen-bond acceptors (Lipinski definition) is 3. The van der Waals surface area contributed by atoms with Gasteiger partial charge in [0.1, 0.15) is 0 Å². The molecule has 0 aromatic heterocycles. The van der Waals surface area contributed by atoms with Crippen molar-refractivity contribution < 1.29 is 19.5 Å². The number of carboxylic acid groups (broad SMARTS) is 1. The molecular formula is C15H20N2O4. The van der Waals surface area contributed by atoms with E-state index in [2.05, 4.69) is 17.6 Å². The molecule has 6 heteroatoms. The third-order valence-electron chi connectivity index (χ3n) is 2.85. The summed E-state index contributed by atoms with van der Waals surface area (Å²) in [6, 6.07) is 6.74. The second-order valence-corrected chi connectivity index (χ2v) is 4.70. The first-order valence-electron chi connectivity index (χ1n) is 6.93. The minimum atomic E-state index is -1.08. The number of unbranched alkanes of at least 4 members (excludes halogenated alkanes) is 1. The number of benzene rings is 1. The Morgan fingerprint density at radius 3 is 2.33 bits per heavy atom. The lowest BCUT2D eigenvalue weighted by molar-refractivity contribution is -0.138. The molecule has 21 heavy (non-hydrogen) atoms. The number of carbonyl (C=O) groups excluding carboxylic acids is 2. The van der Waals surface area contributed by atoms with E-state index in [1.807, 2.05) is 12.1 Å². The highest BCUT2D eigenvalue weighted by molar-refractivity contribution is 6.01. The maximum absolute atomic E-state index is 11.5. The highest BCUT2D eigenvalue weighted by atomic mass is 16.4. The predicted octanol–water partition coefficient (Wildman–Crippen LogP) is 2.54. The Hall–Kier alpha value is -2.37. The summed E-state index contributed by atoms with van der Waals surface area (Å²) in [5.74, 6) is -1.69. The minimum Gasteiger partial charge on any atom is -0.481 e. The van der Waals surface area contributed by atoms with E-state index >= 15 is 0 Å². The molecule has 1 aromatic rings. The number of aliphatic carboxylic acids is 1. The van der Waals surface area contributed by atoms with Gasteiger partial charge < -0.3 is 10.4 Å². The fourth-order valence-electron chi connectivity index (χ4n) is 1.71. The average Bonchev–Trinajstić information content (AvgIpc) is 2.44. The smallest absolute Gasteiger partial charge is 0.325 e. The van der Waals surface area contributed by atoms with Crippen LogP contribution in [0.25, 0.3) is 0 Å². The van der Waals surface area contributed by atoms with Gasteiger partial charge in [-0.05, 0) is 30.5 Å². The fraction of sp³-hybridized carbons (Fsp3) is 0.400. The van der Waals surface area contributed by atoms with Gasteiger partial charge in [0.15, 0.2) is 0 Å². The number of hydrogen-bond donors (Lipinski definition) is 3. The summed E-state index contributed by atoms with van der Waals surface area (Å²) in [7, 11) is 0. The highest BCUT2D eigenvalue weighted by Crippen LogP contribution is 2.11. The molecule has 0 saturated heterocycles. The van der Waals surface area contributed by atoms with Gasteiger partial charge in [-0.25, -0.2) is 4.79 Å². The number of amides is 3. The molecule has 0 aliphatic heterocycles. The van der Waals surface area contributed by atoms with Crippen molar-refractivity contribution in [1.82, 2.24) is 5.32 Å². The van der Waals surface area contributed by atoms with E-state index < -0.39 is 17.9 Å². The van der Waals surface area contributed by atoms with Gasteiger partial charge in [-0.3, -0.25) is 14.9 Å². The second kappa shape index (κ2) is 8.73. The molecule has 0 heterocycles. The fourth-order valence-corrected chi connectivity index (χ4v) is 1.71. The van der Waals surface area contributed by atoms with Gasteiger partial charge in [0.05, 0.1) is 6.42 Å². The third kappa shape index (κ3) is 7.10. The topological polar surface area (TPSA) is 95.5 Å². The van der Waals surface area contributed by atoms with Crippen LogP contribution in [0.15, 0.2) is 24.3 Å². The van der Waals surface area contributed by atoms with Crippen molar-refractivity contribution in [1.29, 1.82) is 0 Å². The number of anilines is 1. The molecule has 0 atom stereocenters. The zero-order valence-electron chi connectivity index (χ0n) is 12.0. The normalized spacial score (nSPS) is 9.95. The Morgan fingerprint density at radius 1 is 1.10 bits per heavy atom. The van der Waals surface area contributed by atoms with E-state index in [1.165, 1.54) is 5.56 Å². The average molecular weight is 292 g/mol. The first-order valence-corrected chi connectivity index (χ1v) is 6.93. The van der Waals surface area contributed by atoms with Crippen LogP contribution in [0.3, 0.4) is 0 Å². The molecule has 1 rings (SSSR count). The molecule has 3 amide bonds. The van der Waals surface area contributed by atoms with Crippen molar-refractivity contribution in [3.05, 3.63) is 29.8 Å². The van der Waals surface area contributed by atoms with E-state index in [1.54, 1.807) is 12.1 Å². The van der Waals surface area contributed by atoms with Crippen LogP contribution >= 0.6 is 0 Å². The maximum Gasteiger partial charge on any atom is 0.325 e. The highest BCUT2D eigenvalue weighted by Gasteiger charge is 2.09. The summed E-state index contributed by atoms with van der Waals surface area (Å²) >= 11 is 0. The first-order chi connectivity index (χ1) is 10.0. The van der Waals surface area contributed by atoms with Crippen molar-refractivity contribution in [2.45, 2.75) is 39.0 Å². The largest absolute Gasteiger partial charge is 0.481 e. The van der Waals surface area contributed by atoms with E-state index in [4.69, 9.17) is 5.11 Å². The van der Waals surface area contributed by atoms with Crippen LogP contribution in [0, 0.1) is 0 Å². The lowest BCUT2D eigenvalue weighted by Gasteiger charge is -2.07. The SMILES string of the molecule is CCCCc1ccc(NC(=O)NC(=O)CCC(=O)O)cc1. The number of nitrogens with one attached hydrogen (secondary N) is 2. The molecule has 0 unspecified atom stereocenters. The van der Waals surface area contributed by atoms with Crippen molar-refractivity contribution in [3.8, 4) is 0 Å². The Bertz CT molecular complexity index is 497. The van der Waals surface area contributed by atoms with Crippen LogP contribution in [0.1, 0.15) is 38.2 Å². The van der Waals surface area contributed by atoms with Crippen LogP contribution in [0.5, 0.6) is 0 Å². The quantitative estimate of drug-likeness (QED) is 0.719. The van der Waals surface area contributed by atoms with Gasteiger partial charge in [-0.15, -0.1) is 0 Å².